The summed E-state index contributed by atoms with van der Waals surface area (Å²) in [6, 6.07) is 14.0. The van der Waals surface area contributed by atoms with Crippen LogP contribution in [0.3, 0.4) is 0 Å². The Morgan fingerprint density at radius 2 is 0.859 bits per heavy atom. The van der Waals surface area contributed by atoms with Crippen molar-refractivity contribution >= 4 is 96.1 Å². The summed E-state index contributed by atoms with van der Waals surface area (Å²) in [6.45, 7) is 3.98. The highest BCUT2D eigenvalue weighted by Crippen LogP contribution is 2.47. The second-order valence-electron chi connectivity index (χ2n) is 13.7. The van der Waals surface area contributed by atoms with Gasteiger partial charge in [0.15, 0.2) is 11.5 Å². The molecule has 6 aromatic rings. The molecule has 64 heavy (non-hydrogen) atoms. The molecule has 0 radical (unpaired) electrons. The number of phenolic OH excluding ortho intramolecular Hbond substituents is 2. The van der Waals surface area contributed by atoms with Gasteiger partial charge in [0.1, 0.15) is 44.0 Å². The van der Waals surface area contributed by atoms with Gasteiger partial charge in [0.05, 0.1) is 23.0 Å². The van der Waals surface area contributed by atoms with Gasteiger partial charge in [-0.3, -0.25) is 18.2 Å². The molecule has 0 bridgehead atoms. The average molecular weight is 961 g/mol. The minimum Gasteiger partial charge on any atom is -0.505 e. The first-order chi connectivity index (χ1) is 29.8. The molecule has 0 unspecified atom stereocenters. The second-order valence-corrected chi connectivity index (χ2v) is 19.4. The lowest BCUT2D eigenvalue weighted by atomic mass is 10.0. The molecule has 22 nitrogen and oxygen atoms in total. The molecule has 0 aliphatic carbocycles. The van der Waals surface area contributed by atoms with Gasteiger partial charge >= 0.3 is 0 Å². The zero-order valence-electron chi connectivity index (χ0n) is 33.1. The molecule has 0 heterocycles. The van der Waals surface area contributed by atoms with Gasteiger partial charge in [-0.15, -0.1) is 20.5 Å². The molecule has 0 saturated heterocycles. The first-order valence-corrected chi connectivity index (χ1v) is 24.0. The van der Waals surface area contributed by atoms with E-state index >= 15 is 0 Å². The highest BCUT2D eigenvalue weighted by atomic mass is 32.2. The van der Waals surface area contributed by atoms with Crippen LogP contribution >= 0.6 is 0 Å². The maximum absolute atomic E-state index is 12.5. The summed E-state index contributed by atoms with van der Waals surface area (Å²) in [4.78, 5) is -3.36. The van der Waals surface area contributed by atoms with Crippen molar-refractivity contribution in [1.82, 2.24) is 0 Å². The summed E-state index contributed by atoms with van der Waals surface area (Å²) in [5.41, 5.74) is 10.7. The topological polar surface area (TPSA) is 378 Å². The van der Waals surface area contributed by atoms with Crippen LogP contribution in [0.25, 0.3) is 32.7 Å². The van der Waals surface area contributed by atoms with Crippen molar-refractivity contribution in [3.63, 3.8) is 0 Å². The van der Waals surface area contributed by atoms with E-state index in [0.29, 0.717) is 24.0 Å². The zero-order chi connectivity index (χ0) is 47.1. The molecular formula is C38H36N6O16S4. The molecule has 0 fully saturated rings. The second kappa shape index (κ2) is 17.6. The standard InChI is InChI=1S/C38H36N6O16S4/c1-3-9-59-29-13-19(5-7-27(29)41-43-35-31(63(53,54)55)15-21-11-23(61(47,48)49)17-25(39)33(21)37(35)45)20-6-8-28(30(14-20)60-10-4-2)42-44-36-32(64(56,57)58)16-22-12-24(62(50,51)52)18-26(40)34(22)38(36)46/h5-8,11-18,45-46H,3-4,9-10,39-40H2,1-2H3,(H,47,48,49)(H,50,51,52)(H,53,54,55)(H,56,57,58). The molecular weight excluding hydrogens is 925 g/mol. The maximum atomic E-state index is 12.5. The third-order valence-electron chi connectivity index (χ3n) is 9.15. The van der Waals surface area contributed by atoms with Crippen LogP contribution in [0, 0.1) is 0 Å². The van der Waals surface area contributed by atoms with Crippen LogP contribution < -0.4 is 20.9 Å². The summed E-state index contributed by atoms with van der Waals surface area (Å²) in [6.07, 6.45) is 1.06. The van der Waals surface area contributed by atoms with E-state index in [2.05, 4.69) is 20.5 Å². The molecule has 0 amide bonds. The Balaban J connectivity index is 1.43. The van der Waals surface area contributed by atoms with E-state index in [9.17, 15) is 62.1 Å². The van der Waals surface area contributed by atoms with Crippen molar-refractivity contribution in [3.05, 3.63) is 72.8 Å². The number of hydrogen-bond donors (Lipinski definition) is 8. The summed E-state index contributed by atoms with van der Waals surface area (Å²) < 4.78 is 148. The third kappa shape index (κ3) is 9.82. The molecule has 26 heteroatoms. The monoisotopic (exact) mass is 960 g/mol. The van der Waals surface area contributed by atoms with Gasteiger partial charge in [0, 0.05) is 22.1 Å². The van der Waals surface area contributed by atoms with Crippen molar-refractivity contribution in [3.8, 4) is 34.1 Å². The van der Waals surface area contributed by atoms with Gasteiger partial charge in [-0.1, -0.05) is 26.0 Å². The smallest absolute Gasteiger partial charge is 0.296 e. The Hall–Kier alpha value is -6.52. The molecule has 338 valence electrons. The van der Waals surface area contributed by atoms with Crippen LogP contribution in [-0.2, 0) is 40.5 Å². The Morgan fingerprint density at radius 3 is 1.17 bits per heavy atom. The van der Waals surface area contributed by atoms with E-state index in [0.717, 1.165) is 36.4 Å². The van der Waals surface area contributed by atoms with E-state index in [-0.39, 0.29) is 69.0 Å². The molecule has 6 rings (SSSR count). The predicted molar refractivity (Wildman–Crippen MR) is 231 cm³/mol. The van der Waals surface area contributed by atoms with Gasteiger partial charge in [0.25, 0.3) is 40.5 Å². The van der Waals surface area contributed by atoms with Crippen LogP contribution in [0.1, 0.15) is 26.7 Å². The maximum Gasteiger partial charge on any atom is 0.296 e. The van der Waals surface area contributed by atoms with Gasteiger partial charge < -0.3 is 31.2 Å². The number of nitrogens with zero attached hydrogens (tertiary/aromatic N) is 4. The number of rotatable bonds is 15. The minimum atomic E-state index is -5.15. The Morgan fingerprint density at radius 1 is 0.500 bits per heavy atom. The van der Waals surface area contributed by atoms with E-state index < -0.39 is 82.9 Å². The van der Waals surface area contributed by atoms with Crippen LogP contribution in [0.5, 0.6) is 23.0 Å². The SMILES string of the molecule is CCCOc1cc(-c2ccc(N=Nc3c(S(=O)(=O)O)cc4cc(S(=O)(=O)O)cc(N)c4c3O)c(OCCC)c2)ccc1N=Nc1c(S(=O)(=O)O)cc2cc(S(=O)(=O)O)cc(N)c2c1O. The molecule has 0 spiro atoms. The van der Waals surface area contributed by atoms with E-state index in [4.69, 9.17) is 20.9 Å². The van der Waals surface area contributed by atoms with Crippen LogP contribution in [0.15, 0.2) is 113 Å². The van der Waals surface area contributed by atoms with Crippen LogP contribution in [0.4, 0.5) is 34.1 Å². The number of nitrogen functional groups attached to an aromatic ring is 2. The molecule has 0 atom stereocenters. The largest absolute Gasteiger partial charge is 0.505 e. The van der Waals surface area contributed by atoms with Crippen LogP contribution in [0.2, 0.25) is 0 Å². The average Bonchev–Trinajstić information content (AvgIpc) is 3.19. The highest BCUT2D eigenvalue weighted by molar-refractivity contribution is 7.86. The van der Waals surface area contributed by atoms with Gasteiger partial charge in [0.2, 0.25) is 0 Å². The lowest BCUT2D eigenvalue weighted by Crippen LogP contribution is -2.02. The Labute approximate surface area is 364 Å². The van der Waals surface area contributed by atoms with Gasteiger partial charge in [-0.05, 0) is 95.4 Å². The lowest BCUT2D eigenvalue weighted by Gasteiger charge is -2.14. The number of anilines is 2. The predicted octanol–water partition coefficient (Wildman–Crippen LogP) is 7.63. The molecule has 6 aromatic carbocycles. The highest BCUT2D eigenvalue weighted by Gasteiger charge is 2.27. The first kappa shape index (κ1) is 47.0. The molecule has 10 N–H and O–H groups in total. The van der Waals surface area contributed by atoms with Gasteiger partial charge in [-0.25, -0.2) is 0 Å². The Kier molecular flexibility index (Phi) is 12.9. The summed E-state index contributed by atoms with van der Waals surface area (Å²) in [7, 11) is -19.9. The molecule has 0 aliphatic heterocycles. The first-order valence-electron chi connectivity index (χ1n) is 18.3. The number of nitrogens with two attached hydrogens (primary N) is 2. The van der Waals surface area contributed by atoms with Crippen molar-refractivity contribution in [2.45, 2.75) is 46.3 Å². The summed E-state index contributed by atoms with van der Waals surface area (Å²) in [5.74, 6) is -1.55. The number of benzene rings is 6. The fourth-order valence-electron chi connectivity index (χ4n) is 6.28. The minimum absolute atomic E-state index is 0.0141. The normalized spacial score (nSPS) is 12.8. The summed E-state index contributed by atoms with van der Waals surface area (Å²) in [5, 5.41) is 37.3. The number of ether oxygens (including phenoxy) is 2. The van der Waals surface area contributed by atoms with E-state index in [1.807, 2.05) is 13.8 Å². The van der Waals surface area contributed by atoms with Gasteiger partial charge in [-0.2, -0.15) is 33.7 Å². The Bertz CT molecular complexity index is 3190. The number of azo groups is 2. The quantitative estimate of drug-likeness (QED) is 0.0278. The van der Waals surface area contributed by atoms with Crippen molar-refractivity contribution in [2.24, 2.45) is 20.5 Å². The fourth-order valence-corrected chi connectivity index (χ4v) is 8.70. The van der Waals surface area contributed by atoms with Crippen LogP contribution in [-0.4, -0.2) is 75.3 Å². The number of aromatic hydroxyl groups is 2. The third-order valence-corrected chi connectivity index (χ3v) is 12.5. The lowest BCUT2D eigenvalue weighted by molar-refractivity contribution is 0.318. The van der Waals surface area contributed by atoms with Crippen molar-refractivity contribution in [1.29, 1.82) is 0 Å². The van der Waals surface area contributed by atoms with Crippen molar-refractivity contribution in [2.75, 3.05) is 24.7 Å². The number of hydrogen-bond acceptors (Lipinski definition) is 18. The number of fused-ring (bicyclic) bond motifs is 2. The van der Waals surface area contributed by atoms with E-state index in [1.54, 1.807) is 24.3 Å². The fraction of sp³-hybridized carbons (Fsp3) is 0.158. The molecule has 0 saturated carbocycles. The zero-order valence-corrected chi connectivity index (χ0v) is 36.4. The van der Waals surface area contributed by atoms with Crippen molar-refractivity contribution < 1.29 is 71.6 Å². The molecule has 0 aliphatic rings. The van der Waals surface area contributed by atoms with E-state index in [1.165, 1.54) is 12.1 Å². The summed E-state index contributed by atoms with van der Waals surface area (Å²) >= 11 is 0. The molecule has 0 aromatic heterocycles. The number of phenols is 2.